The fourth-order valence-electron chi connectivity index (χ4n) is 4.67. The normalized spacial score (nSPS) is 20.6. The van der Waals surface area contributed by atoms with E-state index >= 15 is 0 Å². The zero-order valence-electron chi connectivity index (χ0n) is 18.5. The summed E-state index contributed by atoms with van der Waals surface area (Å²) in [4.78, 5) is 5.28. The van der Waals surface area contributed by atoms with Crippen molar-refractivity contribution in [1.29, 1.82) is 10.5 Å². The van der Waals surface area contributed by atoms with Gasteiger partial charge in [0.15, 0.2) is 0 Å². The number of imidazole rings is 1. The molecule has 7 heteroatoms. The van der Waals surface area contributed by atoms with Crippen LogP contribution in [-0.4, -0.2) is 27.8 Å². The third-order valence-electron chi connectivity index (χ3n) is 6.41. The fraction of sp³-hybridized carbons (Fsp3) is 0.400. The lowest BCUT2D eigenvalue weighted by Gasteiger charge is -2.37. The van der Waals surface area contributed by atoms with Crippen molar-refractivity contribution < 1.29 is 4.74 Å². The standard InChI is InChI=1S/C25H27N5OS/c1-3-17-6-5-9-25(28,12-17)16-31-22-10-18(11-23(32-2)20(22)14-27)21-15-29-24-8-4-7-19(13-26)30(21)24/h4,7-8,10-11,15,17H,3,5-6,9,12,16,28H2,1-2H3/t17-,25+/m1/s1. The first-order valence-electron chi connectivity index (χ1n) is 10.9. The van der Waals surface area contributed by atoms with Crippen molar-refractivity contribution in [2.24, 2.45) is 11.7 Å². The Labute approximate surface area is 193 Å². The zero-order chi connectivity index (χ0) is 22.7. The average Bonchev–Trinajstić information content (AvgIpc) is 3.26. The monoisotopic (exact) mass is 445 g/mol. The molecule has 3 aromatic rings. The molecule has 0 unspecified atom stereocenters. The number of nitrogens with two attached hydrogens (primary N) is 1. The second-order valence-corrected chi connectivity index (χ2v) is 9.39. The van der Waals surface area contributed by atoms with Gasteiger partial charge in [0.2, 0.25) is 0 Å². The highest BCUT2D eigenvalue weighted by Crippen LogP contribution is 2.37. The second-order valence-electron chi connectivity index (χ2n) is 8.54. The molecule has 6 nitrogen and oxygen atoms in total. The molecular formula is C25H27N5OS. The molecule has 1 fully saturated rings. The van der Waals surface area contributed by atoms with Crippen molar-refractivity contribution in [3.63, 3.8) is 0 Å². The number of nitrogens with zero attached hydrogens (tertiary/aromatic N) is 4. The third kappa shape index (κ3) is 4.19. The van der Waals surface area contributed by atoms with Crippen molar-refractivity contribution in [3.8, 4) is 29.1 Å². The van der Waals surface area contributed by atoms with Gasteiger partial charge in [-0.3, -0.25) is 4.40 Å². The van der Waals surface area contributed by atoms with Crippen LogP contribution >= 0.6 is 11.8 Å². The van der Waals surface area contributed by atoms with E-state index in [2.05, 4.69) is 24.0 Å². The van der Waals surface area contributed by atoms with Crippen LogP contribution in [0.5, 0.6) is 5.75 Å². The predicted octanol–water partition coefficient (Wildman–Crippen LogP) is 5.14. The molecule has 2 aromatic heterocycles. The topological polar surface area (TPSA) is 100 Å². The molecule has 0 saturated heterocycles. The van der Waals surface area contributed by atoms with E-state index in [0.717, 1.165) is 41.8 Å². The van der Waals surface area contributed by atoms with E-state index in [1.54, 1.807) is 12.3 Å². The molecule has 1 saturated carbocycles. The number of aromatic nitrogens is 2. The Balaban J connectivity index is 1.74. The number of rotatable bonds is 6. The van der Waals surface area contributed by atoms with Gasteiger partial charge in [-0.1, -0.05) is 32.3 Å². The van der Waals surface area contributed by atoms with Gasteiger partial charge in [0, 0.05) is 10.5 Å². The minimum Gasteiger partial charge on any atom is -0.490 e. The molecule has 1 aliphatic carbocycles. The fourth-order valence-corrected chi connectivity index (χ4v) is 5.27. The molecule has 32 heavy (non-hydrogen) atoms. The Morgan fingerprint density at radius 1 is 1.31 bits per heavy atom. The summed E-state index contributed by atoms with van der Waals surface area (Å²) in [5.74, 6) is 1.16. The molecule has 0 spiro atoms. The minimum atomic E-state index is -0.377. The van der Waals surface area contributed by atoms with Crippen molar-refractivity contribution in [2.45, 2.75) is 49.5 Å². The van der Waals surface area contributed by atoms with Gasteiger partial charge in [-0.25, -0.2) is 4.98 Å². The molecule has 2 atom stereocenters. The first kappa shape index (κ1) is 22.2. The summed E-state index contributed by atoms with van der Waals surface area (Å²) in [7, 11) is 0. The summed E-state index contributed by atoms with van der Waals surface area (Å²) >= 11 is 1.50. The Morgan fingerprint density at radius 3 is 2.88 bits per heavy atom. The van der Waals surface area contributed by atoms with E-state index < -0.39 is 0 Å². The average molecular weight is 446 g/mol. The summed E-state index contributed by atoms with van der Waals surface area (Å²) in [6.07, 6.45) is 9.03. The van der Waals surface area contributed by atoms with Crippen LogP contribution in [-0.2, 0) is 0 Å². The van der Waals surface area contributed by atoms with Gasteiger partial charge in [0.1, 0.15) is 41.4 Å². The number of nitriles is 2. The minimum absolute atomic E-state index is 0.377. The number of thioether (sulfide) groups is 1. The van der Waals surface area contributed by atoms with E-state index in [1.807, 2.05) is 34.9 Å². The highest BCUT2D eigenvalue weighted by atomic mass is 32.2. The largest absolute Gasteiger partial charge is 0.490 e. The SMILES string of the molecule is CC[C@@H]1CCC[C@@](N)(COc2cc(-c3cnc4cccc(C#N)n34)cc(SC)c2C#N)C1. The molecule has 0 bridgehead atoms. The molecule has 1 aromatic carbocycles. The number of ether oxygens (including phenoxy) is 1. The Morgan fingerprint density at radius 2 is 2.16 bits per heavy atom. The van der Waals surface area contributed by atoms with E-state index in [1.165, 1.54) is 18.2 Å². The number of hydrogen-bond acceptors (Lipinski definition) is 6. The van der Waals surface area contributed by atoms with Crippen LogP contribution < -0.4 is 10.5 Å². The van der Waals surface area contributed by atoms with Crippen LogP contribution in [0.4, 0.5) is 0 Å². The van der Waals surface area contributed by atoms with Gasteiger partial charge in [0.05, 0.1) is 17.4 Å². The highest BCUT2D eigenvalue weighted by Gasteiger charge is 2.33. The van der Waals surface area contributed by atoms with Crippen LogP contribution in [0.25, 0.3) is 16.9 Å². The maximum absolute atomic E-state index is 9.85. The Bertz CT molecular complexity index is 1220. The van der Waals surface area contributed by atoms with Crippen molar-refractivity contribution in [2.75, 3.05) is 12.9 Å². The maximum Gasteiger partial charge on any atom is 0.138 e. The van der Waals surface area contributed by atoms with Crippen molar-refractivity contribution in [3.05, 3.63) is 47.8 Å². The van der Waals surface area contributed by atoms with Gasteiger partial charge in [-0.05, 0) is 49.3 Å². The van der Waals surface area contributed by atoms with Gasteiger partial charge in [-0.2, -0.15) is 10.5 Å². The summed E-state index contributed by atoms with van der Waals surface area (Å²) in [5.41, 5.74) is 9.69. The summed E-state index contributed by atoms with van der Waals surface area (Å²) < 4.78 is 8.08. The number of hydrogen-bond donors (Lipinski definition) is 1. The lowest BCUT2D eigenvalue weighted by atomic mass is 9.76. The summed E-state index contributed by atoms with van der Waals surface area (Å²) in [6.45, 7) is 2.59. The number of fused-ring (bicyclic) bond motifs is 1. The van der Waals surface area contributed by atoms with Crippen LogP contribution in [0, 0.1) is 28.6 Å². The summed E-state index contributed by atoms with van der Waals surface area (Å²) in [5, 5.41) is 19.4. The van der Waals surface area contributed by atoms with E-state index in [-0.39, 0.29) is 5.54 Å². The molecule has 0 amide bonds. The van der Waals surface area contributed by atoms with E-state index in [9.17, 15) is 10.5 Å². The lowest BCUT2D eigenvalue weighted by molar-refractivity contribution is 0.140. The van der Waals surface area contributed by atoms with Crippen molar-refractivity contribution >= 4 is 17.4 Å². The van der Waals surface area contributed by atoms with E-state index in [4.69, 9.17) is 10.5 Å². The smallest absolute Gasteiger partial charge is 0.138 e. The molecule has 4 rings (SSSR count). The molecule has 2 heterocycles. The van der Waals surface area contributed by atoms with Crippen LogP contribution in [0.15, 0.2) is 41.4 Å². The van der Waals surface area contributed by atoms with Gasteiger partial charge in [0.25, 0.3) is 0 Å². The maximum atomic E-state index is 9.85. The molecule has 2 N–H and O–H groups in total. The first-order chi connectivity index (χ1) is 15.5. The summed E-state index contributed by atoms with van der Waals surface area (Å²) in [6, 6.07) is 13.8. The van der Waals surface area contributed by atoms with Gasteiger partial charge >= 0.3 is 0 Å². The Hall–Kier alpha value is -3.00. The molecule has 0 aliphatic heterocycles. The van der Waals surface area contributed by atoms with Gasteiger partial charge < -0.3 is 10.5 Å². The Kier molecular flexibility index (Phi) is 6.41. The second kappa shape index (κ2) is 9.24. The van der Waals surface area contributed by atoms with Crippen LogP contribution in [0.3, 0.4) is 0 Å². The van der Waals surface area contributed by atoms with Gasteiger partial charge in [-0.15, -0.1) is 11.8 Å². The van der Waals surface area contributed by atoms with Crippen LogP contribution in [0.2, 0.25) is 0 Å². The molecular weight excluding hydrogens is 418 g/mol. The number of benzene rings is 1. The first-order valence-corrected chi connectivity index (χ1v) is 12.1. The predicted molar refractivity (Wildman–Crippen MR) is 127 cm³/mol. The highest BCUT2D eigenvalue weighted by molar-refractivity contribution is 7.98. The number of pyridine rings is 1. The quantitative estimate of drug-likeness (QED) is 0.527. The zero-order valence-corrected chi connectivity index (χ0v) is 19.3. The molecule has 164 valence electrons. The molecule has 1 aliphatic rings. The molecule has 0 radical (unpaired) electrons. The van der Waals surface area contributed by atoms with Crippen LogP contribution in [0.1, 0.15) is 50.3 Å². The van der Waals surface area contributed by atoms with E-state index in [0.29, 0.717) is 35.2 Å². The third-order valence-corrected chi connectivity index (χ3v) is 7.17. The van der Waals surface area contributed by atoms with Crippen molar-refractivity contribution in [1.82, 2.24) is 9.38 Å². The lowest BCUT2D eigenvalue weighted by Crippen LogP contribution is -2.49.